The van der Waals surface area contributed by atoms with Gasteiger partial charge in [0.15, 0.2) is 0 Å². The summed E-state index contributed by atoms with van der Waals surface area (Å²) in [5, 5.41) is 14.2. The van der Waals surface area contributed by atoms with Crippen LogP contribution in [0.2, 0.25) is 0 Å². The van der Waals surface area contributed by atoms with E-state index in [1.165, 1.54) is 13.2 Å². The Hall–Kier alpha value is -1.82. The summed E-state index contributed by atoms with van der Waals surface area (Å²) < 4.78 is 5.16. The van der Waals surface area contributed by atoms with Crippen molar-refractivity contribution in [3.8, 4) is 5.75 Å². The summed E-state index contributed by atoms with van der Waals surface area (Å²) >= 11 is 0. The van der Waals surface area contributed by atoms with Gasteiger partial charge in [-0.2, -0.15) is 0 Å². The van der Waals surface area contributed by atoms with E-state index in [4.69, 9.17) is 4.74 Å². The Bertz CT molecular complexity index is 460. The molecule has 19 heavy (non-hydrogen) atoms. The lowest BCUT2D eigenvalue weighted by atomic mass is 10.1. The largest absolute Gasteiger partial charge is 0.496 e. The average molecular weight is 265 g/mol. The Labute approximate surface area is 112 Å². The second kappa shape index (κ2) is 5.88. The third kappa shape index (κ3) is 2.96. The normalized spacial score (nSPS) is 14.8. The minimum Gasteiger partial charge on any atom is -0.496 e. The van der Waals surface area contributed by atoms with E-state index in [0.29, 0.717) is 11.8 Å². The van der Waals surface area contributed by atoms with Gasteiger partial charge in [-0.1, -0.05) is 6.92 Å². The lowest BCUT2D eigenvalue weighted by molar-refractivity contribution is -0.384. The van der Waals surface area contributed by atoms with Gasteiger partial charge >= 0.3 is 0 Å². The van der Waals surface area contributed by atoms with Crippen molar-refractivity contribution in [3.63, 3.8) is 0 Å². The molecule has 104 valence electrons. The highest BCUT2D eigenvalue weighted by Gasteiger charge is 2.25. The number of nitrogens with one attached hydrogen (secondary N) is 1. The molecule has 0 aliphatic carbocycles. The molecule has 1 aliphatic heterocycles. The van der Waals surface area contributed by atoms with Gasteiger partial charge in [-0.05, 0) is 6.42 Å². The number of nitro benzene ring substituents is 1. The van der Waals surface area contributed by atoms with Crippen molar-refractivity contribution in [2.75, 3.05) is 31.6 Å². The molecule has 1 aromatic rings. The fourth-order valence-corrected chi connectivity index (χ4v) is 2.21. The fraction of sp³-hybridized carbons (Fsp3) is 0.538. The Morgan fingerprint density at radius 3 is 2.68 bits per heavy atom. The number of hydrogen-bond donors (Lipinski definition) is 1. The van der Waals surface area contributed by atoms with Crippen LogP contribution in [0.4, 0.5) is 11.4 Å². The van der Waals surface area contributed by atoms with Crippen LogP contribution in [-0.4, -0.2) is 37.7 Å². The van der Waals surface area contributed by atoms with Crippen LogP contribution in [0.25, 0.3) is 0 Å². The third-order valence-electron chi connectivity index (χ3n) is 3.32. The van der Waals surface area contributed by atoms with E-state index in [1.54, 1.807) is 6.07 Å². The number of ether oxygens (including phenoxy) is 1. The summed E-state index contributed by atoms with van der Waals surface area (Å²) in [7, 11) is 1.53. The molecule has 6 heteroatoms. The van der Waals surface area contributed by atoms with Gasteiger partial charge in [-0.15, -0.1) is 0 Å². The summed E-state index contributed by atoms with van der Waals surface area (Å²) in [5.74, 6) is 0.526. The quantitative estimate of drug-likeness (QED) is 0.627. The molecule has 0 aromatic heterocycles. The summed E-state index contributed by atoms with van der Waals surface area (Å²) in [4.78, 5) is 12.8. The first kappa shape index (κ1) is 13.6. The predicted molar refractivity (Wildman–Crippen MR) is 73.9 cm³/mol. The van der Waals surface area contributed by atoms with Crippen LogP contribution in [0.15, 0.2) is 18.2 Å². The molecule has 0 amide bonds. The zero-order valence-corrected chi connectivity index (χ0v) is 11.3. The van der Waals surface area contributed by atoms with Crippen LogP contribution in [0.3, 0.4) is 0 Å². The van der Waals surface area contributed by atoms with E-state index in [2.05, 4.69) is 17.1 Å². The van der Waals surface area contributed by atoms with Crippen molar-refractivity contribution in [1.82, 2.24) is 5.32 Å². The number of anilines is 1. The number of non-ortho nitro benzene ring substituents is 1. The Morgan fingerprint density at radius 1 is 1.47 bits per heavy atom. The number of rotatable bonds is 6. The van der Waals surface area contributed by atoms with E-state index < -0.39 is 0 Å². The molecule has 1 heterocycles. The molecule has 1 fully saturated rings. The maximum absolute atomic E-state index is 11.0. The predicted octanol–water partition coefficient (Wildman–Crippen LogP) is 1.79. The number of hydrogen-bond acceptors (Lipinski definition) is 5. The molecule has 1 aliphatic rings. The van der Waals surface area contributed by atoms with Crippen LogP contribution in [-0.2, 0) is 0 Å². The van der Waals surface area contributed by atoms with Crippen molar-refractivity contribution >= 4 is 11.4 Å². The second-order valence-electron chi connectivity index (χ2n) is 4.65. The van der Waals surface area contributed by atoms with Gasteiger partial charge in [0.1, 0.15) is 5.75 Å². The topological polar surface area (TPSA) is 67.6 Å². The average Bonchev–Trinajstić information content (AvgIpc) is 2.35. The first-order valence-corrected chi connectivity index (χ1v) is 6.46. The molecule has 2 rings (SSSR count). The van der Waals surface area contributed by atoms with E-state index in [-0.39, 0.29) is 10.6 Å². The highest BCUT2D eigenvalue weighted by Crippen LogP contribution is 2.30. The van der Waals surface area contributed by atoms with Crippen LogP contribution in [0, 0.1) is 10.1 Å². The minimum absolute atomic E-state index is 0.0720. The zero-order valence-electron chi connectivity index (χ0n) is 11.3. The van der Waals surface area contributed by atoms with Crippen molar-refractivity contribution in [2.24, 2.45) is 0 Å². The lowest BCUT2D eigenvalue weighted by Crippen LogP contribution is -2.57. The standard InChI is InChI=1S/C13H19N3O3/c1-3-4-15(12-8-14-9-12)10-5-11(16(17)18)7-13(6-10)19-2/h5-7,12,14H,3-4,8-9H2,1-2H3. The van der Waals surface area contributed by atoms with Crippen molar-refractivity contribution in [2.45, 2.75) is 19.4 Å². The fourth-order valence-electron chi connectivity index (χ4n) is 2.21. The summed E-state index contributed by atoms with van der Waals surface area (Å²) in [6.07, 6.45) is 1.00. The number of nitrogens with zero attached hydrogens (tertiary/aromatic N) is 2. The van der Waals surface area contributed by atoms with E-state index in [1.807, 2.05) is 6.07 Å². The van der Waals surface area contributed by atoms with E-state index >= 15 is 0 Å². The lowest BCUT2D eigenvalue weighted by Gasteiger charge is -2.39. The van der Waals surface area contributed by atoms with E-state index in [0.717, 1.165) is 31.7 Å². The summed E-state index contributed by atoms with van der Waals surface area (Å²) in [6, 6.07) is 5.34. The van der Waals surface area contributed by atoms with Crippen LogP contribution >= 0.6 is 0 Å². The van der Waals surface area contributed by atoms with Crippen LogP contribution < -0.4 is 15.0 Å². The van der Waals surface area contributed by atoms with Crippen molar-refractivity contribution < 1.29 is 9.66 Å². The van der Waals surface area contributed by atoms with Crippen LogP contribution in [0.5, 0.6) is 5.75 Å². The first-order chi connectivity index (χ1) is 9.15. The summed E-state index contributed by atoms with van der Waals surface area (Å²) in [5.41, 5.74) is 0.933. The molecule has 1 saturated heterocycles. The smallest absolute Gasteiger partial charge is 0.275 e. The number of methoxy groups -OCH3 is 1. The number of benzene rings is 1. The molecule has 0 spiro atoms. The van der Waals surface area contributed by atoms with Gasteiger partial charge in [0.2, 0.25) is 0 Å². The molecular formula is C13H19N3O3. The molecule has 0 radical (unpaired) electrons. The molecule has 6 nitrogen and oxygen atoms in total. The Kier molecular flexibility index (Phi) is 4.21. The zero-order chi connectivity index (χ0) is 13.8. The maximum atomic E-state index is 11.0. The molecule has 0 unspecified atom stereocenters. The molecule has 0 saturated carbocycles. The Balaban J connectivity index is 2.34. The molecule has 1 aromatic carbocycles. The third-order valence-corrected chi connectivity index (χ3v) is 3.32. The van der Waals surface area contributed by atoms with Crippen molar-refractivity contribution in [1.29, 1.82) is 0 Å². The summed E-state index contributed by atoms with van der Waals surface area (Å²) in [6.45, 7) is 4.83. The van der Waals surface area contributed by atoms with Gasteiger partial charge in [-0.25, -0.2) is 0 Å². The van der Waals surface area contributed by atoms with Gasteiger partial charge in [-0.3, -0.25) is 10.1 Å². The highest BCUT2D eigenvalue weighted by molar-refractivity contribution is 5.59. The van der Waals surface area contributed by atoms with E-state index in [9.17, 15) is 10.1 Å². The molecular weight excluding hydrogens is 246 g/mol. The van der Waals surface area contributed by atoms with Crippen LogP contribution in [0.1, 0.15) is 13.3 Å². The Morgan fingerprint density at radius 2 is 2.21 bits per heavy atom. The van der Waals surface area contributed by atoms with Crippen molar-refractivity contribution in [3.05, 3.63) is 28.3 Å². The highest BCUT2D eigenvalue weighted by atomic mass is 16.6. The molecule has 1 N–H and O–H groups in total. The monoisotopic (exact) mass is 265 g/mol. The van der Waals surface area contributed by atoms with Gasteiger partial charge in [0.05, 0.1) is 24.1 Å². The maximum Gasteiger partial charge on any atom is 0.275 e. The first-order valence-electron chi connectivity index (χ1n) is 6.46. The SMILES string of the molecule is CCCN(c1cc(OC)cc([N+](=O)[O-])c1)C1CNC1. The minimum atomic E-state index is -0.380. The van der Waals surface area contributed by atoms with Gasteiger partial charge in [0.25, 0.3) is 5.69 Å². The molecule has 0 atom stereocenters. The second-order valence-corrected chi connectivity index (χ2v) is 4.65. The van der Waals surface area contributed by atoms with Gasteiger partial charge < -0.3 is 15.0 Å². The number of nitro groups is 1. The molecule has 0 bridgehead atoms. The van der Waals surface area contributed by atoms with Gasteiger partial charge in [0, 0.05) is 37.5 Å².